The van der Waals surface area contributed by atoms with Gasteiger partial charge < -0.3 is 9.32 Å². The summed E-state index contributed by atoms with van der Waals surface area (Å²) in [5.41, 5.74) is 1.62. The first-order valence-corrected chi connectivity index (χ1v) is 9.53. The highest BCUT2D eigenvalue weighted by Crippen LogP contribution is 2.32. The number of carbonyl (C=O) groups excluding carboxylic acids is 1. The second kappa shape index (κ2) is 7.05. The summed E-state index contributed by atoms with van der Waals surface area (Å²) >= 11 is 1.72. The molecule has 2 aromatic heterocycles. The van der Waals surface area contributed by atoms with Crippen molar-refractivity contribution in [2.75, 3.05) is 13.1 Å². The molecule has 6 heteroatoms. The normalized spacial score (nSPS) is 18.6. The number of oxazole rings is 1. The number of hydrogen-bond acceptors (Lipinski definition) is 5. The van der Waals surface area contributed by atoms with E-state index in [4.69, 9.17) is 9.40 Å². The number of rotatable bonds is 4. The Bertz CT molecular complexity index is 705. The smallest absolute Gasteiger partial charge is 0.276 e. The van der Waals surface area contributed by atoms with Gasteiger partial charge in [0.2, 0.25) is 0 Å². The van der Waals surface area contributed by atoms with Crippen LogP contribution < -0.4 is 0 Å². The lowest BCUT2D eigenvalue weighted by Gasteiger charge is -2.31. The zero-order valence-electron chi connectivity index (χ0n) is 14.8. The van der Waals surface area contributed by atoms with Crippen LogP contribution in [0.15, 0.2) is 16.2 Å². The molecule has 1 aliphatic rings. The molecule has 2 aromatic rings. The van der Waals surface area contributed by atoms with E-state index in [1.165, 1.54) is 6.39 Å². The van der Waals surface area contributed by atoms with Crippen LogP contribution in [-0.4, -0.2) is 33.9 Å². The maximum atomic E-state index is 12.9. The van der Waals surface area contributed by atoms with Crippen molar-refractivity contribution in [2.45, 2.75) is 58.3 Å². The van der Waals surface area contributed by atoms with Gasteiger partial charge >= 0.3 is 0 Å². The number of nitrogens with zero attached hydrogens (tertiary/aromatic N) is 3. The van der Waals surface area contributed by atoms with Crippen molar-refractivity contribution in [3.05, 3.63) is 33.9 Å². The summed E-state index contributed by atoms with van der Waals surface area (Å²) in [6.07, 6.45) is 3.46. The number of thiazole rings is 1. The Morgan fingerprint density at radius 1 is 1.33 bits per heavy atom. The minimum absolute atomic E-state index is 0.0159. The van der Waals surface area contributed by atoms with Crippen molar-refractivity contribution in [3.8, 4) is 0 Å². The van der Waals surface area contributed by atoms with Crippen LogP contribution >= 0.6 is 11.3 Å². The highest BCUT2D eigenvalue weighted by atomic mass is 32.1. The van der Waals surface area contributed by atoms with Gasteiger partial charge in [-0.15, -0.1) is 11.3 Å². The zero-order chi connectivity index (χ0) is 17.3. The van der Waals surface area contributed by atoms with Crippen LogP contribution in [0.4, 0.5) is 0 Å². The topological polar surface area (TPSA) is 59.2 Å². The molecular weight excluding hydrogens is 322 g/mol. The molecule has 0 radical (unpaired) electrons. The Morgan fingerprint density at radius 2 is 2.12 bits per heavy atom. The third-order valence-electron chi connectivity index (χ3n) is 4.51. The second-order valence-electron chi connectivity index (χ2n) is 7.08. The predicted molar refractivity (Wildman–Crippen MR) is 94.7 cm³/mol. The number of aromatic nitrogens is 2. The Hall–Kier alpha value is -1.69. The van der Waals surface area contributed by atoms with Crippen LogP contribution in [0, 0.1) is 0 Å². The van der Waals surface area contributed by atoms with Gasteiger partial charge in [-0.25, -0.2) is 9.97 Å². The Morgan fingerprint density at radius 3 is 2.79 bits per heavy atom. The summed E-state index contributed by atoms with van der Waals surface area (Å²) in [5, 5.41) is 3.30. The Labute approximate surface area is 147 Å². The van der Waals surface area contributed by atoms with Crippen molar-refractivity contribution in [1.29, 1.82) is 0 Å². The first-order chi connectivity index (χ1) is 11.5. The lowest BCUT2D eigenvalue weighted by molar-refractivity contribution is 0.0699. The van der Waals surface area contributed by atoms with Gasteiger partial charge in [0.15, 0.2) is 12.1 Å². The number of likely N-dealkylation sites (tertiary alicyclic amines) is 1. The van der Waals surface area contributed by atoms with E-state index in [1.807, 2.05) is 18.7 Å². The molecule has 1 saturated heterocycles. The van der Waals surface area contributed by atoms with E-state index < -0.39 is 0 Å². The molecule has 24 heavy (non-hydrogen) atoms. The first-order valence-electron chi connectivity index (χ1n) is 8.65. The Balaban J connectivity index is 1.75. The van der Waals surface area contributed by atoms with Crippen molar-refractivity contribution in [2.24, 2.45) is 0 Å². The molecule has 0 unspecified atom stereocenters. The van der Waals surface area contributed by atoms with Crippen LogP contribution in [0.25, 0.3) is 0 Å². The fraction of sp³-hybridized carbons (Fsp3) is 0.611. The van der Waals surface area contributed by atoms with E-state index in [0.717, 1.165) is 30.1 Å². The van der Waals surface area contributed by atoms with Gasteiger partial charge in [-0.2, -0.15) is 0 Å². The van der Waals surface area contributed by atoms with Gasteiger partial charge in [0.05, 0.1) is 10.7 Å². The number of amides is 1. The lowest BCUT2D eigenvalue weighted by Crippen LogP contribution is -2.39. The standard InChI is InChI=1S/C18H25N3O2S/c1-11(2)14-9-24-17(20-14)13-6-5-7-21(8-13)18(22)15-16(12(3)4)23-10-19-15/h9-13H,5-8H2,1-4H3/t13-/m0/s1. The van der Waals surface area contributed by atoms with Crippen LogP contribution in [0.3, 0.4) is 0 Å². The van der Waals surface area contributed by atoms with Gasteiger partial charge in [0.25, 0.3) is 5.91 Å². The molecule has 3 heterocycles. The number of piperidine rings is 1. The molecule has 0 aromatic carbocycles. The van der Waals surface area contributed by atoms with Gasteiger partial charge in [-0.05, 0) is 18.8 Å². The van der Waals surface area contributed by atoms with Gasteiger partial charge in [-0.1, -0.05) is 27.7 Å². The first kappa shape index (κ1) is 17.1. The molecule has 130 valence electrons. The minimum atomic E-state index is -0.0159. The third kappa shape index (κ3) is 3.38. The van der Waals surface area contributed by atoms with Gasteiger partial charge in [-0.3, -0.25) is 4.79 Å². The maximum Gasteiger partial charge on any atom is 0.276 e. The van der Waals surface area contributed by atoms with E-state index in [2.05, 4.69) is 24.2 Å². The molecule has 0 saturated carbocycles. The van der Waals surface area contributed by atoms with Crippen LogP contribution in [-0.2, 0) is 0 Å². The van der Waals surface area contributed by atoms with E-state index >= 15 is 0 Å². The average molecular weight is 347 g/mol. The average Bonchev–Trinajstić information content (AvgIpc) is 3.23. The summed E-state index contributed by atoms with van der Waals surface area (Å²) < 4.78 is 5.41. The molecule has 1 atom stereocenters. The second-order valence-corrected chi connectivity index (χ2v) is 7.97. The number of hydrogen-bond donors (Lipinski definition) is 0. The number of carbonyl (C=O) groups is 1. The minimum Gasteiger partial charge on any atom is -0.447 e. The molecule has 3 rings (SSSR count). The van der Waals surface area contributed by atoms with Crippen LogP contribution in [0.1, 0.15) is 85.2 Å². The van der Waals surface area contributed by atoms with Crippen LogP contribution in [0.2, 0.25) is 0 Å². The van der Waals surface area contributed by atoms with E-state index in [1.54, 1.807) is 11.3 Å². The monoisotopic (exact) mass is 347 g/mol. The van der Waals surface area contributed by atoms with Crippen molar-refractivity contribution >= 4 is 17.2 Å². The van der Waals surface area contributed by atoms with Crippen LogP contribution in [0.5, 0.6) is 0 Å². The quantitative estimate of drug-likeness (QED) is 0.822. The fourth-order valence-electron chi connectivity index (χ4n) is 3.09. The summed E-state index contributed by atoms with van der Waals surface area (Å²) in [6.45, 7) is 9.84. The van der Waals surface area contributed by atoms with Crippen molar-refractivity contribution < 1.29 is 9.21 Å². The van der Waals surface area contributed by atoms with Crippen molar-refractivity contribution in [1.82, 2.24) is 14.9 Å². The zero-order valence-corrected chi connectivity index (χ0v) is 15.6. The summed E-state index contributed by atoms with van der Waals surface area (Å²) in [7, 11) is 0. The molecule has 1 fully saturated rings. The summed E-state index contributed by atoms with van der Waals surface area (Å²) in [6, 6.07) is 0. The third-order valence-corrected chi connectivity index (χ3v) is 5.54. The fourth-order valence-corrected chi connectivity index (χ4v) is 4.20. The predicted octanol–water partition coefficient (Wildman–Crippen LogP) is 4.40. The lowest BCUT2D eigenvalue weighted by atomic mass is 9.98. The summed E-state index contributed by atoms with van der Waals surface area (Å²) in [4.78, 5) is 23.7. The van der Waals surface area contributed by atoms with E-state index in [9.17, 15) is 4.79 Å². The molecule has 1 aliphatic heterocycles. The van der Waals surface area contributed by atoms with E-state index in [-0.39, 0.29) is 11.8 Å². The summed E-state index contributed by atoms with van der Waals surface area (Å²) in [5.74, 6) is 1.59. The molecule has 0 bridgehead atoms. The maximum absolute atomic E-state index is 12.9. The largest absolute Gasteiger partial charge is 0.447 e. The molecule has 0 N–H and O–H groups in total. The molecule has 5 nitrogen and oxygen atoms in total. The molecule has 1 amide bonds. The molecular formula is C18H25N3O2S. The van der Waals surface area contributed by atoms with Gasteiger partial charge in [0, 0.05) is 30.3 Å². The molecule has 0 aliphatic carbocycles. The highest BCUT2D eigenvalue weighted by molar-refractivity contribution is 7.09. The highest BCUT2D eigenvalue weighted by Gasteiger charge is 2.30. The van der Waals surface area contributed by atoms with E-state index in [0.29, 0.717) is 29.8 Å². The SMILES string of the molecule is CC(C)c1csc([C@H]2CCCN(C(=O)c3ncoc3C(C)C)C2)n1. The Kier molecular flexibility index (Phi) is 5.04. The van der Waals surface area contributed by atoms with Crippen molar-refractivity contribution in [3.63, 3.8) is 0 Å². The van der Waals surface area contributed by atoms with Gasteiger partial charge in [0.1, 0.15) is 5.76 Å². The molecule has 0 spiro atoms.